The fraction of sp³-hybridized carbons (Fsp3) is 0.438. The van der Waals surface area contributed by atoms with E-state index in [0.29, 0.717) is 5.57 Å². The number of likely N-dealkylation sites (tertiary alicyclic amines) is 1. The lowest BCUT2D eigenvalue weighted by Gasteiger charge is -2.36. The number of benzene rings is 1. The summed E-state index contributed by atoms with van der Waals surface area (Å²) in [6, 6.07) is 8.03. The predicted octanol–water partition coefficient (Wildman–Crippen LogP) is 2.81. The number of piperidine rings is 1. The first-order valence-electron chi connectivity index (χ1n) is 7.03. The summed E-state index contributed by atoms with van der Waals surface area (Å²) in [5.41, 5.74) is 1.59. The molecule has 0 aromatic heterocycles. The minimum Gasteiger partial charge on any atom is -0.493 e. The van der Waals surface area contributed by atoms with Gasteiger partial charge in [0.05, 0.1) is 12.7 Å². The summed E-state index contributed by atoms with van der Waals surface area (Å²) < 4.78 is 11.5. The lowest BCUT2D eigenvalue weighted by atomic mass is 10.0. The number of para-hydroxylation sites is 1. The molecule has 0 aliphatic carbocycles. The molecule has 2 aliphatic heterocycles. The predicted molar refractivity (Wildman–Crippen MR) is 76.4 cm³/mol. The van der Waals surface area contributed by atoms with E-state index in [2.05, 4.69) is 11.0 Å². The van der Waals surface area contributed by atoms with Gasteiger partial charge in [0, 0.05) is 18.7 Å². The highest BCUT2D eigenvalue weighted by molar-refractivity contribution is 5.69. The maximum absolute atomic E-state index is 9.39. The minimum atomic E-state index is -0.274. The molecular formula is C16H18N2O2. The Kier molecular flexibility index (Phi) is 3.62. The summed E-state index contributed by atoms with van der Waals surface area (Å²) in [6.07, 6.45) is 5.23. The molecule has 0 spiro atoms. The van der Waals surface area contributed by atoms with Gasteiger partial charge in [-0.3, -0.25) is 4.90 Å². The van der Waals surface area contributed by atoms with Crippen LogP contribution in [-0.4, -0.2) is 31.3 Å². The van der Waals surface area contributed by atoms with Crippen molar-refractivity contribution in [3.63, 3.8) is 0 Å². The second-order valence-corrected chi connectivity index (χ2v) is 5.16. The summed E-state index contributed by atoms with van der Waals surface area (Å²) >= 11 is 0. The molecule has 0 radical (unpaired) electrons. The van der Waals surface area contributed by atoms with Crippen molar-refractivity contribution < 1.29 is 9.47 Å². The van der Waals surface area contributed by atoms with Crippen LogP contribution < -0.4 is 9.47 Å². The van der Waals surface area contributed by atoms with E-state index >= 15 is 0 Å². The van der Waals surface area contributed by atoms with Crippen LogP contribution in [0.2, 0.25) is 0 Å². The van der Waals surface area contributed by atoms with Gasteiger partial charge in [0.1, 0.15) is 6.07 Å². The molecule has 3 rings (SSSR count). The topological polar surface area (TPSA) is 45.5 Å². The molecule has 0 amide bonds. The Hall–Kier alpha value is -1.99. The lowest BCUT2D eigenvalue weighted by Crippen LogP contribution is -2.44. The molecule has 0 saturated carbocycles. The number of nitriles is 1. The first-order chi connectivity index (χ1) is 9.83. The Balaban J connectivity index is 1.96. The Morgan fingerprint density at radius 2 is 2.10 bits per heavy atom. The third-order valence-corrected chi connectivity index (χ3v) is 3.89. The molecule has 1 saturated heterocycles. The summed E-state index contributed by atoms with van der Waals surface area (Å²) in [4.78, 5) is 2.24. The highest BCUT2D eigenvalue weighted by Crippen LogP contribution is 2.38. The minimum absolute atomic E-state index is 0.274. The number of nitrogens with zero attached hydrogens (tertiary/aromatic N) is 2. The molecule has 1 atom stereocenters. The van der Waals surface area contributed by atoms with E-state index in [1.165, 1.54) is 6.42 Å². The van der Waals surface area contributed by atoms with Crippen molar-refractivity contribution in [2.24, 2.45) is 0 Å². The van der Waals surface area contributed by atoms with Crippen LogP contribution in [0.5, 0.6) is 11.5 Å². The molecule has 1 aromatic rings. The molecular weight excluding hydrogens is 252 g/mol. The third-order valence-electron chi connectivity index (χ3n) is 3.89. The van der Waals surface area contributed by atoms with Crippen molar-refractivity contribution in [1.82, 2.24) is 4.90 Å². The molecule has 2 heterocycles. The highest BCUT2D eigenvalue weighted by Gasteiger charge is 2.31. The molecule has 1 aromatic carbocycles. The normalized spacial score (nSPS) is 22.2. The van der Waals surface area contributed by atoms with Crippen molar-refractivity contribution in [2.75, 3.05) is 20.2 Å². The highest BCUT2D eigenvalue weighted by atomic mass is 16.5. The smallest absolute Gasteiger partial charge is 0.189 e. The quantitative estimate of drug-likeness (QED) is 0.829. The van der Waals surface area contributed by atoms with Crippen LogP contribution >= 0.6 is 0 Å². The van der Waals surface area contributed by atoms with Gasteiger partial charge >= 0.3 is 0 Å². The van der Waals surface area contributed by atoms with E-state index < -0.39 is 0 Å². The fourth-order valence-corrected chi connectivity index (χ4v) is 2.86. The Labute approximate surface area is 119 Å². The molecule has 4 nitrogen and oxygen atoms in total. The maximum Gasteiger partial charge on any atom is 0.189 e. The number of rotatable bonds is 2. The lowest BCUT2D eigenvalue weighted by molar-refractivity contribution is 0.0384. The summed E-state index contributed by atoms with van der Waals surface area (Å²) in [5, 5.41) is 9.39. The Bertz CT molecular complexity index is 568. The first-order valence-corrected chi connectivity index (χ1v) is 7.03. The van der Waals surface area contributed by atoms with Gasteiger partial charge in [0.15, 0.2) is 17.7 Å². The Morgan fingerprint density at radius 1 is 1.30 bits per heavy atom. The molecule has 0 bridgehead atoms. The van der Waals surface area contributed by atoms with E-state index in [4.69, 9.17) is 9.47 Å². The largest absolute Gasteiger partial charge is 0.493 e. The van der Waals surface area contributed by atoms with E-state index in [9.17, 15) is 5.26 Å². The van der Waals surface area contributed by atoms with Crippen molar-refractivity contribution >= 4 is 6.08 Å². The molecule has 2 aliphatic rings. The zero-order valence-electron chi connectivity index (χ0n) is 11.6. The van der Waals surface area contributed by atoms with Gasteiger partial charge in [-0.15, -0.1) is 0 Å². The zero-order valence-corrected chi connectivity index (χ0v) is 11.6. The SMILES string of the molecule is COc1cccc2c1OC(N1CCCCC1)C(C#N)=C2. The fourth-order valence-electron chi connectivity index (χ4n) is 2.86. The van der Waals surface area contributed by atoms with E-state index in [-0.39, 0.29) is 6.23 Å². The average Bonchev–Trinajstić information content (AvgIpc) is 2.53. The van der Waals surface area contributed by atoms with Gasteiger partial charge in [0.25, 0.3) is 0 Å². The molecule has 4 heteroatoms. The van der Waals surface area contributed by atoms with Crippen molar-refractivity contribution in [1.29, 1.82) is 5.26 Å². The van der Waals surface area contributed by atoms with Crippen LogP contribution in [-0.2, 0) is 0 Å². The van der Waals surface area contributed by atoms with E-state index in [0.717, 1.165) is 43.0 Å². The van der Waals surface area contributed by atoms with Crippen molar-refractivity contribution in [3.8, 4) is 17.6 Å². The van der Waals surface area contributed by atoms with Gasteiger partial charge in [-0.1, -0.05) is 18.6 Å². The van der Waals surface area contributed by atoms with Crippen LogP contribution in [0.4, 0.5) is 0 Å². The molecule has 0 N–H and O–H groups in total. The molecule has 20 heavy (non-hydrogen) atoms. The monoisotopic (exact) mass is 270 g/mol. The van der Waals surface area contributed by atoms with Crippen LogP contribution in [0.25, 0.3) is 6.08 Å². The third kappa shape index (κ3) is 2.25. The number of ether oxygens (including phenoxy) is 2. The number of methoxy groups -OCH3 is 1. The number of fused-ring (bicyclic) bond motifs is 1. The number of hydrogen-bond donors (Lipinski definition) is 0. The summed E-state index contributed by atoms with van der Waals surface area (Å²) in [6.45, 7) is 1.96. The van der Waals surface area contributed by atoms with Gasteiger partial charge in [-0.25, -0.2) is 0 Å². The van der Waals surface area contributed by atoms with Crippen molar-refractivity contribution in [2.45, 2.75) is 25.5 Å². The van der Waals surface area contributed by atoms with Crippen molar-refractivity contribution in [3.05, 3.63) is 29.3 Å². The van der Waals surface area contributed by atoms with Gasteiger partial charge in [-0.05, 0) is 25.0 Å². The summed E-state index contributed by atoms with van der Waals surface area (Å²) in [7, 11) is 1.64. The standard InChI is InChI=1S/C16H18N2O2/c1-19-14-7-5-6-12-10-13(11-17)16(20-15(12)14)18-8-3-2-4-9-18/h5-7,10,16H,2-4,8-9H2,1H3. The van der Waals surface area contributed by atoms with E-state index in [1.54, 1.807) is 7.11 Å². The summed E-state index contributed by atoms with van der Waals surface area (Å²) in [5.74, 6) is 1.46. The average molecular weight is 270 g/mol. The van der Waals surface area contributed by atoms with E-state index in [1.807, 2.05) is 24.3 Å². The zero-order chi connectivity index (χ0) is 13.9. The van der Waals surface area contributed by atoms with Crippen LogP contribution in [0.15, 0.2) is 23.8 Å². The molecule has 104 valence electrons. The first kappa shape index (κ1) is 13.0. The molecule has 1 unspecified atom stereocenters. The molecule has 1 fully saturated rings. The van der Waals surface area contributed by atoms with Gasteiger partial charge in [-0.2, -0.15) is 5.26 Å². The van der Waals surface area contributed by atoms with Crippen LogP contribution in [0, 0.1) is 11.3 Å². The second kappa shape index (κ2) is 5.56. The Morgan fingerprint density at radius 3 is 2.80 bits per heavy atom. The second-order valence-electron chi connectivity index (χ2n) is 5.16. The van der Waals surface area contributed by atoms with Crippen LogP contribution in [0.3, 0.4) is 0 Å². The van der Waals surface area contributed by atoms with Crippen LogP contribution in [0.1, 0.15) is 24.8 Å². The maximum atomic E-state index is 9.39. The number of hydrogen-bond acceptors (Lipinski definition) is 4. The van der Waals surface area contributed by atoms with Gasteiger partial charge in [0.2, 0.25) is 0 Å². The van der Waals surface area contributed by atoms with Gasteiger partial charge < -0.3 is 9.47 Å².